The van der Waals surface area contributed by atoms with Crippen molar-refractivity contribution >= 4 is 11.6 Å². The molecule has 7 heteroatoms. The fourth-order valence-corrected chi connectivity index (χ4v) is 4.03. The van der Waals surface area contributed by atoms with Gasteiger partial charge < -0.3 is 5.32 Å². The summed E-state index contributed by atoms with van der Waals surface area (Å²) in [4.78, 5) is 13.0. The smallest absolute Gasteiger partial charge is 0.342 e. The van der Waals surface area contributed by atoms with E-state index in [-0.39, 0.29) is 23.2 Å². The molecule has 1 atom stereocenters. The van der Waals surface area contributed by atoms with E-state index in [1.165, 1.54) is 12.2 Å². The first-order valence-electron chi connectivity index (χ1n) is 9.13. The van der Waals surface area contributed by atoms with Crippen molar-refractivity contribution in [2.45, 2.75) is 52.6 Å². The van der Waals surface area contributed by atoms with Crippen molar-refractivity contribution in [2.75, 3.05) is 5.32 Å². The highest BCUT2D eigenvalue weighted by Crippen LogP contribution is 2.51. The van der Waals surface area contributed by atoms with Crippen molar-refractivity contribution in [2.24, 2.45) is 5.41 Å². The van der Waals surface area contributed by atoms with Gasteiger partial charge in [-0.1, -0.05) is 38.7 Å². The Morgan fingerprint density at radius 2 is 2.00 bits per heavy atom. The third-order valence-corrected chi connectivity index (χ3v) is 5.22. The number of H-pyrrole nitrogens is 1. The first-order valence-corrected chi connectivity index (χ1v) is 9.13. The molecule has 0 radical (unpaired) electrons. The SMILES string of the molecule is C=C(/C(=C\C=C/C)C(F)(F)F)[C@@H]1C2=C(CC(C)(C)CC2=O)Nc2n[nH]c(C)c21. The van der Waals surface area contributed by atoms with Gasteiger partial charge in [0.2, 0.25) is 0 Å². The molecule has 0 unspecified atom stereocenters. The van der Waals surface area contributed by atoms with Crippen LogP contribution in [-0.2, 0) is 4.79 Å². The minimum Gasteiger partial charge on any atom is -0.342 e. The first kappa shape index (κ1) is 20.2. The highest BCUT2D eigenvalue weighted by Gasteiger charge is 2.46. The average Bonchev–Trinajstić information content (AvgIpc) is 2.91. The standard InChI is InChI=1S/C21H24F3N3O/c1-6-7-8-13(21(22,23)24)11(2)16-17-12(3)26-27-19(17)25-14-9-20(4,5)10-15(28)18(14)16/h6-8,16H,2,9-10H2,1,3-5H3,(H2,25,26,27)/b7-6-,13-8+/t16-/m0/s1. The molecule has 1 aromatic rings. The topological polar surface area (TPSA) is 57.8 Å². The van der Waals surface area contributed by atoms with Crippen LogP contribution in [0, 0.1) is 12.3 Å². The maximum Gasteiger partial charge on any atom is 0.416 e. The van der Waals surface area contributed by atoms with E-state index >= 15 is 0 Å². The van der Waals surface area contributed by atoms with Gasteiger partial charge in [0.05, 0.1) is 5.57 Å². The predicted molar refractivity (Wildman–Crippen MR) is 103 cm³/mol. The van der Waals surface area contributed by atoms with Crippen LogP contribution in [0.15, 0.2) is 47.2 Å². The summed E-state index contributed by atoms with van der Waals surface area (Å²) in [5, 5.41) is 10.2. The third-order valence-electron chi connectivity index (χ3n) is 5.22. The summed E-state index contributed by atoms with van der Waals surface area (Å²) >= 11 is 0. The molecule has 28 heavy (non-hydrogen) atoms. The van der Waals surface area contributed by atoms with Gasteiger partial charge in [0, 0.05) is 34.9 Å². The molecule has 0 fully saturated rings. The number of aromatic amines is 1. The summed E-state index contributed by atoms with van der Waals surface area (Å²) in [6.07, 6.45) is 0.120. The molecule has 0 amide bonds. The Morgan fingerprint density at radius 1 is 1.32 bits per heavy atom. The zero-order valence-electron chi connectivity index (χ0n) is 16.4. The Kier molecular flexibility index (Phi) is 4.89. The zero-order valence-corrected chi connectivity index (χ0v) is 16.4. The molecule has 2 aliphatic rings. The molecule has 0 saturated heterocycles. The Morgan fingerprint density at radius 3 is 2.61 bits per heavy atom. The largest absolute Gasteiger partial charge is 0.416 e. The van der Waals surface area contributed by atoms with Crippen LogP contribution in [0.25, 0.3) is 0 Å². The number of fused-ring (bicyclic) bond motifs is 1. The van der Waals surface area contributed by atoms with Gasteiger partial charge in [0.25, 0.3) is 0 Å². The van der Waals surface area contributed by atoms with Crippen LogP contribution in [0.4, 0.5) is 19.0 Å². The normalized spacial score (nSPS) is 22.2. The van der Waals surface area contributed by atoms with Gasteiger partial charge in [-0.2, -0.15) is 18.3 Å². The summed E-state index contributed by atoms with van der Waals surface area (Å²) in [5.41, 5.74) is 0.923. The minimum atomic E-state index is -4.59. The van der Waals surface area contributed by atoms with Crippen molar-refractivity contribution in [3.05, 3.63) is 58.5 Å². The van der Waals surface area contributed by atoms with Gasteiger partial charge in [0.1, 0.15) is 0 Å². The van der Waals surface area contributed by atoms with Crippen molar-refractivity contribution in [3.63, 3.8) is 0 Å². The Hall–Kier alpha value is -2.57. The number of hydrogen-bond acceptors (Lipinski definition) is 3. The van der Waals surface area contributed by atoms with Gasteiger partial charge in [-0.15, -0.1) is 0 Å². The number of aryl methyl sites for hydroxylation is 1. The molecule has 150 valence electrons. The number of hydrogen-bond donors (Lipinski definition) is 2. The summed E-state index contributed by atoms with van der Waals surface area (Å²) in [6.45, 7) is 11.1. The van der Waals surface area contributed by atoms with Gasteiger partial charge in [0.15, 0.2) is 11.6 Å². The molecule has 0 saturated carbocycles. The molecule has 4 nitrogen and oxygen atoms in total. The number of halogens is 3. The number of carbonyl (C=O) groups is 1. The number of carbonyl (C=O) groups excluding carboxylic acids is 1. The number of alkyl halides is 3. The molecule has 2 heterocycles. The number of ketones is 1. The van der Waals surface area contributed by atoms with Gasteiger partial charge in [-0.05, 0) is 31.3 Å². The third kappa shape index (κ3) is 3.45. The van der Waals surface area contributed by atoms with Gasteiger partial charge in [-0.3, -0.25) is 9.89 Å². The summed E-state index contributed by atoms with van der Waals surface area (Å²) < 4.78 is 41.4. The molecule has 1 aromatic heterocycles. The zero-order chi connectivity index (χ0) is 20.9. The molecule has 0 aromatic carbocycles. The number of anilines is 1. The van der Waals surface area contributed by atoms with E-state index < -0.39 is 17.7 Å². The maximum atomic E-state index is 13.8. The quantitative estimate of drug-likeness (QED) is 0.670. The molecule has 0 bridgehead atoms. The Labute approximate surface area is 162 Å². The second-order valence-corrected chi connectivity index (χ2v) is 8.13. The molecule has 0 spiro atoms. The van der Waals surface area contributed by atoms with Crippen LogP contribution in [0.5, 0.6) is 0 Å². The van der Waals surface area contributed by atoms with E-state index in [0.29, 0.717) is 34.8 Å². The van der Waals surface area contributed by atoms with Crippen LogP contribution in [0.1, 0.15) is 50.8 Å². The highest BCUT2D eigenvalue weighted by molar-refractivity contribution is 6.01. The van der Waals surface area contributed by atoms with E-state index in [4.69, 9.17) is 0 Å². The molecule has 2 N–H and O–H groups in total. The summed E-state index contributed by atoms with van der Waals surface area (Å²) in [6, 6.07) is 0. The Balaban J connectivity index is 2.21. The van der Waals surface area contributed by atoms with Crippen molar-refractivity contribution < 1.29 is 18.0 Å². The second kappa shape index (κ2) is 6.79. The number of aromatic nitrogens is 2. The number of nitrogens with one attached hydrogen (secondary N) is 2. The number of nitrogens with zero attached hydrogens (tertiary/aromatic N) is 1. The van der Waals surface area contributed by atoms with Crippen molar-refractivity contribution in [3.8, 4) is 0 Å². The summed E-state index contributed by atoms with van der Waals surface area (Å²) in [7, 11) is 0. The van der Waals surface area contributed by atoms with Crippen LogP contribution >= 0.6 is 0 Å². The van der Waals surface area contributed by atoms with Crippen molar-refractivity contribution in [1.82, 2.24) is 10.2 Å². The number of allylic oxidation sites excluding steroid dienone is 7. The lowest BCUT2D eigenvalue weighted by Gasteiger charge is -2.39. The lowest BCUT2D eigenvalue weighted by atomic mass is 9.68. The van der Waals surface area contributed by atoms with E-state index in [2.05, 4.69) is 22.1 Å². The number of Topliss-reactive ketones (excluding diaryl/α,β-unsaturated/α-hetero) is 1. The maximum absolute atomic E-state index is 13.8. The predicted octanol–water partition coefficient (Wildman–Crippen LogP) is 5.49. The lowest BCUT2D eigenvalue weighted by molar-refractivity contribution is -0.118. The van der Waals surface area contributed by atoms with Crippen LogP contribution in [0.3, 0.4) is 0 Å². The van der Waals surface area contributed by atoms with Gasteiger partial charge >= 0.3 is 6.18 Å². The molecule has 1 aliphatic heterocycles. The van der Waals surface area contributed by atoms with E-state index in [9.17, 15) is 18.0 Å². The minimum absolute atomic E-state index is 0.140. The first-order chi connectivity index (χ1) is 13.0. The lowest BCUT2D eigenvalue weighted by Crippen LogP contribution is -2.34. The second-order valence-electron chi connectivity index (χ2n) is 8.13. The summed E-state index contributed by atoms with van der Waals surface area (Å²) in [5.74, 6) is -0.573. The van der Waals surface area contributed by atoms with Crippen LogP contribution < -0.4 is 5.32 Å². The highest BCUT2D eigenvalue weighted by atomic mass is 19.4. The molecule has 1 aliphatic carbocycles. The molecular formula is C21H24F3N3O. The molecular weight excluding hydrogens is 367 g/mol. The van der Waals surface area contributed by atoms with Crippen LogP contribution in [-0.4, -0.2) is 22.2 Å². The monoisotopic (exact) mass is 391 g/mol. The Bertz CT molecular complexity index is 929. The molecule has 3 rings (SSSR count). The number of rotatable bonds is 3. The fraction of sp³-hybridized carbons (Fsp3) is 0.429. The van der Waals surface area contributed by atoms with Crippen LogP contribution in [0.2, 0.25) is 0 Å². The fourth-order valence-electron chi connectivity index (χ4n) is 4.03. The van der Waals surface area contributed by atoms with Crippen molar-refractivity contribution in [1.29, 1.82) is 0 Å². The average molecular weight is 391 g/mol. The van der Waals surface area contributed by atoms with E-state index in [0.717, 1.165) is 6.08 Å². The van der Waals surface area contributed by atoms with Gasteiger partial charge in [-0.25, -0.2) is 0 Å². The van der Waals surface area contributed by atoms with E-state index in [1.807, 2.05) is 13.8 Å². The van der Waals surface area contributed by atoms with E-state index in [1.54, 1.807) is 13.8 Å².